The first kappa shape index (κ1) is 17.0. The topological polar surface area (TPSA) is 107 Å². The number of amidine groups is 2. The fourth-order valence-electron chi connectivity index (χ4n) is 2.73. The summed E-state index contributed by atoms with van der Waals surface area (Å²) in [6, 6.07) is 9.73. The SMILES string of the molecule is CC1=CN2C(=N)/C(=C/c3ccc(-c4cccc(C(=O)O)c4)o3)C(=O)N=C2S1. The Morgan fingerprint density at radius 1 is 1.33 bits per heavy atom. The van der Waals surface area contributed by atoms with Crippen LogP contribution in [0.4, 0.5) is 0 Å². The summed E-state index contributed by atoms with van der Waals surface area (Å²) in [5.41, 5.74) is 0.897. The number of nitrogens with one attached hydrogen (secondary N) is 1. The molecule has 0 saturated heterocycles. The minimum Gasteiger partial charge on any atom is -0.478 e. The molecule has 8 heteroatoms. The van der Waals surface area contributed by atoms with E-state index in [2.05, 4.69) is 4.99 Å². The lowest BCUT2D eigenvalue weighted by atomic mass is 10.1. The third kappa shape index (κ3) is 3.11. The lowest BCUT2D eigenvalue weighted by molar-refractivity contribution is -0.114. The second kappa shape index (κ2) is 6.40. The zero-order chi connectivity index (χ0) is 19.1. The molecule has 0 fully saturated rings. The summed E-state index contributed by atoms with van der Waals surface area (Å²) in [7, 11) is 0. The van der Waals surface area contributed by atoms with Crippen LogP contribution >= 0.6 is 11.8 Å². The van der Waals surface area contributed by atoms with Crippen LogP contribution in [0.25, 0.3) is 17.4 Å². The van der Waals surface area contributed by atoms with Gasteiger partial charge in [-0.3, -0.25) is 15.1 Å². The van der Waals surface area contributed by atoms with E-state index in [-0.39, 0.29) is 17.0 Å². The van der Waals surface area contributed by atoms with Gasteiger partial charge in [0.1, 0.15) is 17.4 Å². The summed E-state index contributed by atoms with van der Waals surface area (Å²) >= 11 is 1.35. The number of aliphatic imine (C=N–C) groups is 1. The smallest absolute Gasteiger partial charge is 0.335 e. The van der Waals surface area contributed by atoms with E-state index < -0.39 is 11.9 Å². The third-order valence-corrected chi connectivity index (χ3v) is 4.90. The molecule has 0 radical (unpaired) electrons. The van der Waals surface area contributed by atoms with Gasteiger partial charge in [-0.25, -0.2) is 4.79 Å². The van der Waals surface area contributed by atoms with Gasteiger partial charge in [0, 0.05) is 16.7 Å². The first-order valence-electron chi connectivity index (χ1n) is 7.95. The summed E-state index contributed by atoms with van der Waals surface area (Å²) in [6.07, 6.45) is 3.23. The van der Waals surface area contributed by atoms with E-state index in [1.165, 1.54) is 30.0 Å². The lowest BCUT2D eigenvalue weighted by Gasteiger charge is -2.21. The lowest BCUT2D eigenvalue weighted by Crippen LogP contribution is -2.35. The number of carbonyl (C=O) groups is 2. The molecule has 2 aliphatic heterocycles. The van der Waals surface area contributed by atoms with E-state index in [0.717, 1.165) is 4.91 Å². The number of carboxylic acid groups (broad SMARTS) is 1. The van der Waals surface area contributed by atoms with Crippen LogP contribution in [0.5, 0.6) is 0 Å². The number of furan rings is 1. The molecule has 0 saturated carbocycles. The van der Waals surface area contributed by atoms with E-state index in [4.69, 9.17) is 14.9 Å². The van der Waals surface area contributed by atoms with Crippen LogP contribution in [0, 0.1) is 5.41 Å². The molecule has 0 spiro atoms. The van der Waals surface area contributed by atoms with Crippen LogP contribution in [-0.4, -0.2) is 32.9 Å². The minimum atomic E-state index is -1.02. The molecule has 3 heterocycles. The number of allylic oxidation sites excluding steroid dienone is 1. The maximum absolute atomic E-state index is 12.3. The van der Waals surface area contributed by atoms with Gasteiger partial charge in [-0.05, 0) is 37.3 Å². The largest absolute Gasteiger partial charge is 0.478 e. The number of rotatable bonds is 3. The number of fused-ring (bicyclic) bond motifs is 1. The van der Waals surface area contributed by atoms with Crippen LogP contribution in [-0.2, 0) is 4.79 Å². The Hall–Kier alpha value is -3.39. The van der Waals surface area contributed by atoms with Gasteiger partial charge in [-0.1, -0.05) is 23.9 Å². The number of amides is 1. The quantitative estimate of drug-likeness (QED) is 0.785. The number of hydrogen-bond acceptors (Lipinski definition) is 5. The molecule has 4 rings (SSSR count). The van der Waals surface area contributed by atoms with Gasteiger partial charge in [0.2, 0.25) is 0 Å². The average Bonchev–Trinajstić information content (AvgIpc) is 3.25. The van der Waals surface area contributed by atoms with Gasteiger partial charge in [0.15, 0.2) is 5.17 Å². The van der Waals surface area contributed by atoms with Crippen LogP contribution in [0.15, 0.2) is 62.5 Å². The van der Waals surface area contributed by atoms with Crippen molar-refractivity contribution in [1.29, 1.82) is 5.41 Å². The highest BCUT2D eigenvalue weighted by molar-refractivity contribution is 8.17. The Labute approximate surface area is 158 Å². The maximum atomic E-state index is 12.3. The number of thioether (sulfide) groups is 1. The molecular weight excluding hydrogens is 366 g/mol. The molecule has 2 N–H and O–H groups in total. The number of hydrogen-bond donors (Lipinski definition) is 2. The fraction of sp³-hybridized carbons (Fsp3) is 0.0526. The molecule has 0 atom stereocenters. The zero-order valence-electron chi connectivity index (χ0n) is 14.1. The highest BCUT2D eigenvalue weighted by Gasteiger charge is 2.33. The van der Waals surface area contributed by atoms with Crippen molar-refractivity contribution in [2.75, 3.05) is 0 Å². The van der Waals surface area contributed by atoms with Crippen molar-refractivity contribution in [3.8, 4) is 11.3 Å². The first-order chi connectivity index (χ1) is 12.9. The molecule has 1 amide bonds. The summed E-state index contributed by atoms with van der Waals surface area (Å²) < 4.78 is 5.73. The van der Waals surface area contributed by atoms with Crippen molar-refractivity contribution in [3.05, 3.63) is 64.4 Å². The van der Waals surface area contributed by atoms with Crippen molar-refractivity contribution in [2.24, 2.45) is 4.99 Å². The van der Waals surface area contributed by atoms with Gasteiger partial charge in [-0.15, -0.1) is 0 Å². The summed E-state index contributed by atoms with van der Waals surface area (Å²) in [4.78, 5) is 29.9. The van der Waals surface area contributed by atoms with Gasteiger partial charge in [-0.2, -0.15) is 4.99 Å². The van der Waals surface area contributed by atoms with Crippen LogP contribution in [0.3, 0.4) is 0 Å². The summed E-state index contributed by atoms with van der Waals surface area (Å²) in [6.45, 7) is 1.89. The Morgan fingerprint density at radius 2 is 2.15 bits per heavy atom. The normalized spacial score (nSPS) is 17.8. The predicted molar refractivity (Wildman–Crippen MR) is 102 cm³/mol. The number of carboxylic acids is 1. The van der Waals surface area contributed by atoms with Crippen molar-refractivity contribution in [3.63, 3.8) is 0 Å². The number of carbonyl (C=O) groups excluding carboxylic acids is 1. The standard InChI is InChI=1S/C19H13N3O4S/c1-10-9-22-16(20)14(17(23)21-19(22)27-10)8-13-5-6-15(26-13)11-3-2-4-12(7-11)18(24)25/h2-9,20H,1H3,(H,24,25)/b14-8-,20-16?. The zero-order valence-corrected chi connectivity index (χ0v) is 14.9. The Bertz CT molecular complexity index is 1090. The van der Waals surface area contributed by atoms with Gasteiger partial charge in [0.25, 0.3) is 5.91 Å². The highest BCUT2D eigenvalue weighted by atomic mass is 32.2. The number of benzene rings is 1. The van der Waals surface area contributed by atoms with Gasteiger partial charge in [0.05, 0.1) is 11.1 Å². The van der Waals surface area contributed by atoms with E-state index in [0.29, 0.717) is 22.3 Å². The molecule has 1 aromatic carbocycles. The van der Waals surface area contributed by atoms with Crippen molar-refractivity contribution in [2.45, 2.75) is 6.92 Å². The monoisotopic (exact) mass is 379 g/mol. The molecule has 1 aromatic heterocycles. The molecule has 0 bridgehead atoms. The van der Waals surface area contributed by atoms with E-state index in [9.17, 15) is 9.59 Å². The second-order valence-electron chi connectivity index (χ2n) is 5.91. The number of nitrogens with zero attached hydrogens (tertiary/aromatic N) is 2. The van der Waals surface area contributed by atoms with Crippen LogP contribution in [0.2, 0.25) is 0 Å². The van der Waals surface area contributed by atoms with E-state index >= 15 is 0 Å². The van der Waals surface area contributed by atoms with Crippen molar-refractivity contribution < 1.29 is 19.1 Å². The van der Waals surface area contributed by atoms with Gasteiger partial charge >= 0.3 is 5.97 Å². The van der Waals surface area contributed by atoms with Crippen LogP contribution in [0.1, 0.15) is 23.0 Å². The Balaban J connectivity index is 1.66. The molecule has 7 nitrogen and oxygen atoms in total. The van der Waals surface area contributed by atoms with Crippen LogP contribution < -0.4 is 0 Å². The molecule has 0 aliphatic carbocycles. The molecule has 2 aliphatic rings. The minimum absolute atomic E-state index is 0.0418. The Kier molecular flexibility index (Phi) is 4.04. The van der Waals surface area contributed by atoms with Gasteiger partial charge < -0.3 is 9.52 Å². The fourth-order valence-corrected chi connectivity index (χ4v) is 3.55. The summed E-state index contributed by atoms with van der Waals surface area (Å²) in [5.74, 6) is -0.623. The highest BCUT2D eigenvalue weighted by Crippen LogP contribution is 2.33. The van der Waals surface area contributed by atoms with E-state index in [1.54, 1.807) is 35.4 Å². The molecular formula is C19H13N3O4S. The van der Waals surface area contributed by atoms with Crippen molar-refractivity contribution >= 4 is 40.7 Å². The van der Waals surface area contributed by atoms with E-state index in [1.807, 2.05) is 6.92 Å². The number of aromatic carboxylic acids is 1. The first-order valence-corrected chi connectivity index (χ1v) is 8.77. The molecule has 27 heavy (non-hydrogen) atoms. The average molecular weight is 379 g/mol. The molecule has 2 aromatic rings. The maximum Gasteiger partial charge on any atom is 0.335 e. The second-order valence-corrected chi connectivity index (χ2v) is 7.12. The Morgan fingerprint density at radius 3 is 2.93 bits per heavy atom. The van der Waals surface area contributed by atoms with Crippen molar-refractivity contribution in [1.82, 2.24) is 4.90 Å². The molecule has 0 unspecified atom stereocenters. The predicted octanol–water partition coefficient (Wildman–Crippen LogP) is 3.81. The third-order valence-electron chi connectivity index (χ3n) is 4.00. The summed E-state index contributed by atoms with van der Waals surface area (Å²) in [5, 5.41) is 17.9. The molecule has 134 valence electrons.